The molecule has 0 aliphatic heterocycles. The third kappa shape index (κ3) is 6.08. The maximum atomic E-state index is 14.6. The molecule has 29 heavy (non-hydrogen) atoms. The lowest BCUT2D eigenvalue weighted by Gasteiger charge is -2.34. The summed E-state index contributed by atoms with van der Waals surface area (Å²) in [4.78, 5) is 16.5. The number of halogens is 3. The van der Waals surface area contributed by atoms with Crippen molar-refractivity contribution in [3.63, 3.8) is 0 Å². The Hall–Kier alpha value is -2.82. The summed E-state index contributed by atoms with van der Waals surface area (Å²) in [5.41, 5.74) is 8.54. The molecule has 160 valence electrons. The average molecular weight is 414 g/mol. The summed E-state index contributed by atoms with van der Waals surface area (Å²) in [6, 6.07) is 3.14. The van der Waals surface area contributed by atoms with Crippen molar-refractivity contribution in [1.29, 1.82) is 0 Å². The normalized spacial score (nSPS) is 14.1. The first kappa shape index (κ1) is 24.2. The highest BCUT2D eigenvalue weighted by Gasteiger charge is 2.50. The van der Waals surface area contributed by atoms with E-state index in [4.69, 9.17) is 22.1 Å². The van der Waals surface area contributed by atoms with Crippen LogP contribution in [0.4, 0.5) is 18.9 Å². The lowest BCUT2D eigenvalue weighted by Crippen LogP contribution is -2.53. The predicted octanol–water partition coefficient (Wildman–Crippen LogP) is 2.41. The number of anilines is 1. The molecule has 0 unspecified atom stereocenters. The number of carbonyl (C=O) groups excluding carboxylic acids is 1. The van der Waals surface area contributed by atoms with Crippen LogP contribution in [0.2, 0.25) is 0 Å². The zero-order valence-electron chi connectivity index (χ0n) is 16.2. The largest absolute Gasteiger partial charge is 0.419 e. The summed E-state index contributed by atoms with van der Waals surface area (Å²) >= 11 is 0. The number of ether oxygens (including phenoxy) is 1. The Bertz CT molecular complexity index is 823. The zero-order valence-corrected chi connectivity index (χ0v) is 16.2. The van der Waals surface area contributed by atoms with Crippen molar-refractivity contribution in [2.75, 3.05) is 18.5 Å². The quantitative estimate of drug-likeness (QED) is 0.202. The highest BCUT2D eigenvalue weighted by molar-refractivity contribution is 6.06. The number of nitrogens with one attached hydrogen (secondary N) is 1. The Morgan fingerprint density at radius 2 is 1.97 bits per heavy atom. The van der Waals surface area contributed by atoms with E-state index in [1.54, 1.807) is 0 Å². The average Bonchev–Trinajstić information content (AvgIpc) is 2.61. The van der Waals surface area contributed by atoms with Gasteiger partial charge in [0.25, 0.3) is 11.8 Å². The molecule has 1 rings (SSSR count). The van der Waals surface area contributed by atoms with Gasteiger partial charge < -0.3 is 26.4 Å². The van der Waals surface area contributed by atoms with E-state index in [1.165, 1.54) is 13.0 Å². The Morgan fingerprint density at radius 1 is 1.34 bits per heavy atom. The van der Waals surface area contributed by atoms with Crippen LogP contribution < -0.4 is 22.7 Å². The molecule has 0 aliphatic carbocycles. The topological polar surface area (TPSA) is 126 Å². The second-order valence-electron chi connectivity index (χ2n) is 6.62. The SMILES string of the molecule is C=C(N)COCC(F)(F)[C@](C)(N)c1cc(NC(=O)C(=C)/C(C)=C\ON)ccc1F. The summed E-state index contributed by atoms with van der Waals surface area (Å²) in [5, 5.41) is 2.43. The van der Waals surface area contributed by atoms with Gasteiger partial charge >= 0.3 is 0 Å². The second-order valence-corrected chi connectivity index (χ2v) is 6.62. The Kier molecular flexibility index (Phi) is 8.01. The van der Waals surface area contributed by atoms with Crippen LogP contribution in [0.3, 0.4) is 0 Å². The number of alkyl halides is 2. The number of rotatable bonds is 10. The van der Waals surface area contributed by atoms with Gasteiger partial charge in [0.2, 0.25) is 0 Å². The van der Waals surface area contributed by atoms with Crippen molar-refractivity contribution >= 4 is 11.6 Å². The standard InChI is InChI=1S/C19H25F3N4O3/c1-11(8-29-25)13(3)17(27)26-14-5-6-16(20)15(7-14)18(4,24)19(21,22)10-28-9-12(2)23/h5-8H,2-3,9-10,23-25H2,1,4H3,(H,26,27)/b11-8-/t18-/m1/s1. The molecule has 0 bridgehead atoms. The van der Waals surface area contributed by atoms with E-state index in [2.05, 4.69) is 23.3 Å². The molecule has 1 aromatic rings. The first-order valence-corrected chi connectivity index (χ1v) is 8.34. The first-order valence-electron chi connectivity index (χ1n) is 8.34. The molecule has 0 saturated heterocycles. The van der Waals surface area contributed by atoms with E-state index in [-0.39, 0.29) is 23.6 Å². The molecule has 0 fully saturated rings. The summed E-state index contributed by atoms with van der Waals surface area (Å²) in [7, 11) is 0. The van der Waals surface area contributed by atoms with Gasteiger partial charge in [-0.05, 0) is 37.6 Å². The highest BCUT2D eigenvalue weighted by Crippen LogP contribution is 2.38. The van der Waals surface area contributed by atoms with E-state index < -0.39 is 35.4 Å². The van der Waals surface area contributed by atoms with Crippen molar-refractivity contribution in [2.45, 2.75) is 25.3 Å². The molecule has 7 nitrogen and oxygen atoms in total. The molecular weight excluding hydrogens is 389 g/mol. The van der Waals surface area contributed by atoms with Crippen molar-refractivity contribution in [3.8, 4) is 0 Å². The van der Waals surface area contributed by atoms with Gasteiger partial charge in [-0.2, -0.15) is 5.90 Å². The van der Waals surface area contributed by atoms with Crippen LogP contribution in [0.15, 0.2) is 54.5 Å². The molecule has 1 aromatic carbocycles. The summed E-state index contributed by atoms with van der Waals surface area (Å²) in [5.74, 6) is -0.394. The van der Waals surface area contributed by atoms with Crippen molar-refractivity contribution in [2.24, 2.45) is 17.4 Å². The minimum absolute atomic E-state index is 0.0116. The van der Waals surface area contributed by atoms with E-state index in [0.717, 1.165) is 25.3 Å². The Morgan fingerprint density at radius 3 is 2.52 bits per heavy atom. The fraction of sp³-hybridized carbons (Fsp3) is 0.316. The molecule has 0 spiro atoms. The van der Waals surface area contributed by atoms with Gasteiger partial charge in [-0.15, -0.1) is 0 Å². The van der Waals surface area contributed by atoms with Gasteiger partial charge in [-0.3, -0.25) is 4.79 Å². The minimum Gasteiger partial charge on any atom is -0.419 e. The number of nitrogens with two attached hydrogens (primary N) is 3. The van der Waals surface area contributed by atoms with Gasteiger partial charge in [0.05, 0.1) is 6.61 Å². The molecule has 0 saturated carbocycles. The van der Waals surface area contributed by atoms with Crippen molar-refractivity contribution < 1.29 is 27.5 Å². The maximum Gasteiger partial charge on any atom is 0.292 e. The Labute approximate surface area is 167 Å². The molecular formula is C19H25F3N4O3. The van der Waals surface area contributed by atoms with Crippen LogP contribution >= 0.6 is 0 Å². The fourth-order valence-corrected chi connectivity index (χ4v) is 2.22. The van der Waals surface area contributed by atoms with Crippen LogP contribution in [0.25, 0.3) is 0 Å². The molecule has 0 heterocycles. The van der Waals surface area contributed by atoms with Gasteiger partial charge in [-0.25, -0.2) is 13.2 Å². The molecule has 0 aliphatic rings. The summed E-state index contributed by atoms with van der Waals surface area (Å²) in [6.45, 7) is 8.00. The molecule has 1 atom stereocenters. The smallest absolute Gasteiger partial charge is 0.292 e. The number of benzene rings is 1. The minimum atomic E-state index is -3.66. The van der Waals surface area contributed by atoms with Crippen LogP contribution in [-0.2, 0) is 19.9 Å². The highest BCUT2D eigenvalue weighted by atomic mass is 19.3. The van der Waals surface area contributed by atoms with Crippen molar-refractivity contribution in [1.82, 2.24) is 0 Å². The third-order valence-electron chi connectivity index (χ3n) is 4.11. The molecule has 7 N–H and O–H groups in total. The second kappa shape index (κ2) is 9.59. The third-order valence-corrected chi connectivity index (χ3v) is 4.11. The number of amides is 1. The molecule has 1 amide bonds. The monoisotopic (exact) mass is 414 g/mol. The zero-order chi connectivity index (χ0) is 22.4. The van der Waals surface area contributed by atoms with E-state index in [0.29, 0.717) is 5.57 Å². The molecule has 0 aromatic heterocycles. The number of hydrogen-bond acceptors (Lipinski definition) is 6. The van der Waals surface area contributed by atoms with Crippen LogP contribution in [0.1, 0.15) is 19.4 Å². The number of hydrogen-bond donors (Lipinski definition) is 4. The van der Waals surface area contributed by atoms with Gasteiger partial charge in [-0.1, -0.05) is 13.2 Å². The Balaban J connectivity index is 3.11. The number of carbonyl (C=O) groups is 1. The maximum absolute atomic E-state index is 14.6. The molecule has 10 heteroatoms. The van der Waals surface area contributed by atoms with E-state index >= 15 is 0 Å². The predicted molar refractivity (Wildman–Crippen MR) is 104 cm³/mol. The van der Waals surface area contributed by atoms with Gasteiger partial charge in [0.1, 0.15) is 24.2 Å². The fourth-order valence-electron chi connectivity index (χ4n) is 2.22. The summed E-state index contributed by atoms with van der Waals surface area (Å²) in [6.07, 6.45) is 1.10. The molecule has 0 radical (unpaired) electrons. The lowest BCUT2D eigenvalue weighted by atomic mass is 9.86. The van der Waals surface area contributed by atoms with Crippen LogP contribution in [-0.4, -0.2) is 25.0 Å². The van der Waals surface area contributed by atoms with E-state index in [9.17, 15) is 18.0 Å². The van der Waals surface area contributed by atoms with E-state index in [1.807, 2.05) is 0 Å². The van der Waals surface area contributed by atoms with Gasteiger partial charge in [0.15, 0.2) is 0 Å². The lowest BCUT2D eigenvalue weighted by molar-refractivity contribution is -0.124. The van der Waals surface area contributed by atoms with Crippen LogP contribution in [0, 0.1) is 5.82 Å². The van der Waals surface area contributed by atoms with Gasteiger partial charge in [0, 0.05) is 22.5 Å². The van der Waals surface area contributed by atoms with Crippen LogP contribution in [0.5, 0.6) is 0 Å². The van der Waals surface area contributed by atoms with Crippen molar-refractivity contribution in [3.05, 3.63) is 65.8 Å². The summed E-state index contributed by atoms with van der Waals surface area (Å²) < 4.78 is 48.3. The first-order chi connectivity index (χ1) is 13.3.